The van der Waals surface area contributed by atoms with Crippen LogP contribution < -0.4 is 10.9 Å². The maximum atomic E-state index is 6.06. The summed E-state index contributed by atoms with van der Waals surface area (Å²) in [6.45, 7) is 2.73. The number of hydrazine groups is 1. The SMILES string of the molecule is Cc1ccc(CNNc2ccccc2)cc1Cl. The van der Waals surface area contributed by atoms with E-state index in [1.165, 1.54) is 0 Å². The van der Waals surface area contributed by atoms with Crippen LogP contribution in [0.4, 0.5) is 5.69 Å². The Balaban J connectivity index is 1.88. The van der Waals surface area contributed by atoms with Crippen molar-refractivity contribution in [2.24, 2.45) is 0 Å². The third-order valence-corrected chi connectivity index (χ3v) is 2.94. The average Bonchev–Trinajstić information content (AvgIpc) is 2.35. The Bertz CT molecular complexity index is 483. The molecule has 88 valence electrons. The van der Waals surface area contributed by atoms with E-state index >= 15 is 0 Å². The van der Waals surface area contributed by atoms with Gasteiger partial charge in [-0.3, -0.25) is 0 Å². The van der Waals surface area contributed by atoms with E-state index in [-0.39, 0.29) is 0 Å². The molecule has 17 heavy (non-hydrogen) atoms. The molecular formula is C14H15ClN2. The number of halogens is 1. The first-order chi connectivity index (χ1) is 8.25. The number of aryl methyl sites for hydroxylation is 1. The Kier molecular flexibility index (Phi) is 4.02. The van der Waals surface area contributed by atoms with Gasteiger partial charge in [-0.25, -0.2) is 5.43 Å². The van der Waals surface area contributed by atoms with Crippen molar-refractivity contribution in [2.75, 3.05) is 5.43 Å². The van der Waals surface area contributed by atoms with Gasteiger partial charge < -0.3 is 5.43 Å². The molecule has 0 amide bonds. The lowest BCUT2D eigenvalue weighted by atomic mass is 10.1. The fourth-order valence-electron chi connectivity index (χ4n) is 1.52. The Morgan fingerprint density at radius 1 is 1.06 bits per heavy atom. The molecule has 0 unspecified atom stereocenters. The van der Waals surface area contributed by atoms with Gasteiger partial charge in [-0.05, 0) is 36.2 Å². The highest BCUT2D eigenvalue weighted by molar-refractivity contribution is 6.31. The van der Waals surface area contributed by atoms with E-state index in [2.05, 4.69) is 16.9 Å². The molecule has 0 saturated carbocycles. The highest BCUT2D eigenvalue weighted by Crippen LogP contribution is 2.16. The number of nitrogens with one attached hydrogen (secondary N) is 2. The van der Waals surface area contributed by atoms with Crippen molar-refractivity contribution in [3.63, 3.8) is 0 Å². The van der Waals surface area contributed by atoms with Crippen LogP contribution in [0.25, 0.3) is 0 Å². The number of anilines is 1. The lowest BCUT2D eigenvalue weighted by molar-refractivity contribution is 0.801. The molecule has 0 radical (unpaired) electrons. The molecule has 0 bridgehead atoms. The molecule has 2 aromatic carbocycles. The van der Waals surface area contributed by atoms with Gasteiger partial charge in [-0.2, -0.15) is 0 Å². The molecule has 0 heterocycles. The standard InChI is InChI=1S/C14H15ClN2/c1-11-7-8-12(9-14(11)15)10-16-17-13-5-3-2-4-6-13/h2-9,16-17H,10H2,1H3. The first-order valence-corrected chi connectivity index (χ1v) is 5.92. The monoisotopic (exact) mass is 246 g/mol. The first-order valence-electron chi connectivity index (χ1n) is 5.54. The third kappa shape index (κ3) is 3.48. The number of para-hydroxylation sites is 1. The molecule has 0 fully saturated rings. The van der Waals surface area contributed by atoms with E-state index < -0.39 is 0 Å². The van der Waals surface area contributed by atoms with E-state index in [9.17, 15) is 0 Å². The van der Waals surface area contributed by atoms with Crippen LogP contribution in [0.2, 0.25) is 5.02 Å². The van der Waals surface area contributed by atoms with Gasteiger partial charge in [0.2, 0.25) is 0 Å². The number of hydrogen-bond acceptors (Lipinski definition) is 2. The van der Waals surface area contributed by atoms with Gasteiger partial charge in [-0.15, -0.1) is 0 Å². The van der Waals surface area contributed by atoms with Crippen LogP contribution in [0.1, 0.15) is 11.1 Å². The van der Waals surface area contributed by atoms with Crippen molar-refractivity contribution in [2.45, 2.75) is 13.5 Å². The van der Waals surface area contributed by atoms with Gasteiger partial charge in [0, 0.05) is 17.3 Å². The van der Waals surface area contributed by atoms with Crippen LogP contribution in [-0.4, -0.2) is 0 Å². The fourth-order valence-corrected chi connectivity index (χ4v) is 1.72. The average molecular weight is 247 g/mol. The van der Waals surface area contributed by atoms with Gasteiger partial charge in [0.15, 0.2) is 0 Å². The summed E-state index contributed by atoms with van der Waals surface area (Å²) in [6, 6.07) is 16.1. The zero-order chi connectivity index (χ0) is 12.1. The topological polar surface area (TPSA) is 24.1 Å². The molecule has 2 rings (SSSR count). The van der Waals surface area contributed by atoms with E-state index in [4.69, 9.17) is 11.6 Å². The molecule has 0 aliphatic heterocycles. The lowest BCUT2D eigenvalue weighted by Gasteiger charge is -2.09. The highest BCUT2D eigenvalue weighted by atomic mass is 35.5. The maximum absolute atomic E-state index is 6.06. The van der Waals surface area contributed by atoms with Crippen LogP contribution in [0.15, 0.2) is 48.5 Å². The van der Waals surface area contributed by atoms with Crippen LogP contribution in [0, 0.1) is 6.92 Å². The fraction of sp³-hybridized carbons (Fsp3) is 0.143. The van der Waals surface area contributed by atoms with E-state index in [0.717, 1.165) is 28.4 Å². The van der Waals surface area contributed by atoms with Crippen molar-refractivity contribution < 1.29 is 0 Å². The normalized spacial score (nSPS) is 10.2. The molecular weight excluding hydrogens is 232 g/mol. The maximum Gasteiger partial charge on any atom is 0.0487 e. The molecule has 0 aliphatic carbocycles. The Labute approximate surface area is 107 Å². The van der Waals surface area contributed by atoms with Gasteiger partial charge in [-0.1, -0.05) is 41.9 Å². The van der Waals surface area contributed by atoms with Gasteiger partial charge in [0.25, 0.3) is 0 Å². The summed E-state index contributed by atoms with van der Waals surface area (Å²) >= 11 is 6.06. The molecule has 0 atom stereocenters. The summed E-state index contributed by atoms with van der Waals surface area (Å²) in [7, 11) is 0. The number of hydrogen-bond donors (Lipinski definition) is 2. The molecule has 2 N–H and O–H groups in total. The second kappa shape index (κ2) is 5.71. The summed E-state index contributed by atoms with van der Waals surface area (Å²) in [5.74, 6) is 0. The van der Waals surface area contributed by atoms with Gasteiger partial charge in [0.1, 0.15) is 0 Å². The molecule has 0 spiro atoms. The van der Waals surface area contributed by atoms with Crippen molar-refractivity contribution in [1.82, 2.24) is 5.43 Å². The predicted octanol–water partition coefficient (Wildman–Crippen LogP) is 3.77. The van der Waals surface area contributed by atoms with Crippen molar-refractivity contribution >= 4 is 17.3 Å². The van der Waals surface area contributed by atoms with Crippen LogP contribution in [-0.2, 0) is 6.54 Å². The van der Waals surface area contributed by atoms with E-state index in [1.54, 1.807) is 0 Å². The van der Waals surface area contributed by atoms with Crippen LogP contribution in [0.5, 0.6) is 0 Å². The van der Waals surface area contributed by atoms with Crippen LogP contribution >= 0.6 is 11.6 Å². The molecule has 3 heteroatoms. The second-order valence-corrected chi connectivity index (χ2v) is 4.34. The largest absolute Gasteiger partial charge is 0.321 e. The summed E-state index contributed by atoms with van der Waals surface area (Å²) < 4.78 is 0. The summed E-state index contributed by atoms with van der Waals surface area (Å²) in [5, 5.41) is 0.809. The molecule has 2 nitrogen and oxygen atoms in total. The van der Waals surface area contributed by atoms with Crippen molar-refractivity contribution in [3.8, 4) is 0 Å². The third-order valence-electron chi connectivity index (χ3n) is 2.54. The lowest BCUT2D eigenvalue weighted by Crippen LogP contribution is -2.20. The van der Waals surface area contributed by atoms with Gasteiger partial charge >= 0.3 is 0 Å². The number of rotatable bonds is 4. The zero-order valence-electron chi connectivity index (χ0n) is 9.70. The summed E-state index contributed by atoms with van der Waals surface area (Å²) in [5.41, 5.74) is 9.60. The Hall–Kier alpha value is -1.51. The quantitative estimate of drug-likeness (QED) is 0.803. The van der Waals surface area contributed by atoms with Crippen molar-refractivity contribution in [1.29, 1.82) is 0 Å². The molecule has 0 saturated heterocycles. The minimum Gasteiger partial charge on any atom is -0.321 e. The van der Waals surface area contributed by atoms with E-state index in [1.807, 2.05) is 49.4 Å². The summed E-state index contributed by atoms with van der Waals surface area (Å²) in [6.07, 6.45) is 0. The summed E-state index contributed by atoms with van der Waals surface area (Å²) in [4.78, 5) is 0. The Morgan fingerprint density at radius 3 is 2.53 bits per heavy atom. The Morgan fingerprint density at radius 2 is 1.82 bits per heavy atom. The zero-order valence-corrected chi connectivity index (χ0v) is 10.5. The smallest absolute Gasteiger partial charge is 0.0487 e. The number of benzene rings is 2. The first kappa shape index (κ1) is 12.0. The molecule has 2 aromatic rings. The predicted molar refractivity (Wildman–Crippen MR) is 73.1 cm³/mol. The highest BCUT2D eigenvalue weighted by Gasteiger charge is 1.97. The minimum atomic E-state index is 0.731. The second-order valence-electron chi connectivity index (χ2n) is 3.93. The van der Waals surface area contributed by atoms with E-state index in [0.29, 0.717) is 0 Å². The van der Waals surface area contributed by atoms with Crippen LogP contribution in [0.3, 0.4) is 0 Å². The minimum absolute atomic E-state index is 0.731. The molecule has 0 aliphatic rings. The van der Waals surface area contributed by atoms with Crippen molar-refractivity contribution in [3.05, 3.63) is 64.7 Å². The van der Waals surface area contributed by atoms with Gasteiger partial charge in [0.05, 0.1) is 0 Å². The molecule has 0 aromatic heterocycles.